The molecule has 13 atom stereocenters. The van der Waals surface area contributed by atoms with Crippen LogP contribution >= 0.6 is 0 Å². The van der Waals surface area contributed by atoms with Gasteiger partial charge in [-0.05, 0) is 94.5 Å². The number of aromatic nitrogens is 1. The number of fused-ring (bicyclic) bond motifs is 1. The molecule has 2 aromatic carbocycles. The van der Waals surface area contributed by atoms with E-state index < -0.39 is 254 Å². The molecule has 1 aliphatic heterocycles. The van der Waals surface area contributed by atoms with Crippen LogP contribution in [-0.4, -0.2) is 219 Å². The number of rotatable bonds is 28. The number of nitrogens with two attached hydrogens (primary N) is 3. The largest absolute Gasteiger partial charge is 0.481 e. The molecule has 2 fully saturated rings. The van der Waals surface area contributed by atoms with E-state index >= 15 is 0 Å². The molecular weight excluding hydrogens is 1520 g/mol. The van der Waals surface area contributed by atoms with Crippen LogP contribution in [0.25, 0.3) is 10.9 Å². The van der Waals surface area contributed by atoms with Crippen molar-refractivity contribution in [2.75, 3.05) is 32.0 Å². The van der Waals surface area contributed by atoms with Crippen molar-refractivity contribution >= 4 is 135 Å². The SMILES string of the molecule is CCCCCC1CCC(C(=O)N[C@@H](Cc2c[nH]c3ccccc23)C(=O)N[C@H](CC(N)=O)C(=O)C[C@@H](C)C(=O)N[C@@H]2C(=O)NCC(=O)N[C@@H](CCCN)C(=O)N[C@@H](CC(=O)O)C(=O)C[C@H](C)C(=O)N[C@@H](C)C(=O)NCC(=O)N[C@H](CO)C(=O)C[C@@H]([C@H](C)CC(=O)O)C(=O)N[C@@H](C(=O)c3ccccc3N)C(=O)O[C@@H]2C)CC1.O=C=O.O=C=O. The Morgan fingerprint density at radius 3 is 1.84 bits per heavy atom. The molecule has 2 aliphatic rings. The molecular formula is C76H104N14O26. The highest BCUT2D eigenvalue weighted by Crippen LogP contribution is 2.33. The maximum absolute atomic E-state index is 14.8. The smallest absolute Gasteiger partial charge is 0.373 e. The number of esters is 1. The molecule has 1 aliphatic carbocycles. The van der Waals surface area contributed by atoms with Gasteiger partial charge in [-0.2, -0.15) is 19.2 Å². The van der Waals surface area contributed by atoms with Gasteiger partial charge in [0.15, 0.2) is 29.2 Å². The highest BCUT2D eigenvalue weighted by molar-refractivity contribution is 6.16. The van der Waals surface area contributed by atoms with Crippen molar-refractivity contribution in [1.29, 1.82) is 0 Å². The number of hydrogen-bond donors (Lipinski definition) is 17. The summed E-state index contributed by atoms with van der Waals surface area (Å²) >= 11 is 0. The summed E-state index contributed by atoms with van der Waals surface area (Å²) in [5, 5.41) is 54.3. The van der Waals surface area contributed by atoms with Gasteiger partial charge in [-0.1, -0.05) is 83.7 Å². The number of nitrogens with one attached hydrogen (secondary N) is 11. The van der Waals surface area contributed by atoms with E-state index in [9.17, 15) is 102 Å². The fraction of sp³-hybridized carbons (Fsp3) is 0.553. The minimum Gasteiger partial charge on any atom is -0.481 e. The molecule has 40 nitrogen and oxygen atoms in total. The number of Topliss-reactive ketones (excluding diaryl/α,β-unsaturated/α-hetero) is 4. The van der Waals surface area contributed by atoms with Gasteiger partial charge in [0, 0.05) is 84.1 Å². The van der Waals surface area contributed by atoms with Crippen LogP contribution < -0.4 is 70.4 Å². The van der Waals surface area contributed by atoms with Crippen molar-refractivity contribution in [2.45, 2.75) is 205 Å². The average molecular weight is 1630 g/mol. The molecule has 0 spiro atoms. The van der Waals surface area contributed by atoms with Crippen molar-refractivity contribution in [3.8, 4) is 0 Å². The molecule has 5 rings (SSSR count). The molecule has 20 N–H and O–H groups in total. The monoisotopic (exact) mass is 1630 g/mol. The molecule has 634 valence electrons. The van der Waals surface area contributed by atoms with Crippen molar-refractivity contribution in [3.05, 3.63) is 65.9 Å². The number of anilines is 1. The molecule has 1 aromatic heterocycles. The van der Waals surface area contributed by atoms with Crippen molar-refractivity contribution in [3.63, 3.8) is 0 Å². The summed E-state index contributed by atoms with van der Waals surface area (Å²) in [5.74, 6) is -26.9. The summed E-state index contributed by atoms with van der Waals surface area (Å²) in [5.41, 5.74) is 18.2. The molecule has 1 saturated carbocycles. The van der Waals surface area contributed by atoms with Crippen LogP contribution in [0.4, 0.5) is 5.69 Å². The van der Waals surface area contributed by atoms with E-state index in [0.29, 0.717) is 24.3 Å². The average Bonchev–Trinajstić information content (AvgIpc) is 1.41. The Balaban J connectivity index is 0.00000562. The first-order valence-corrected chi connectivity index (χ1v) is 37.6. The zero-order valence-electron chi connectivity index (χ0n) is 65.2. The van der Waals surface area contributed by atoms with E-state index in [1.807, 2.05) is 12.1 Å². The van der Waals surface area contributed by atoms with E-state index in [2.05, 4.69) is 65.1 Å². The van der Waals surface area contributed by atoms with Gasteiger partial charge in [0.05, 0.1) is 44.6 Å². The Morgan fingerprint density at radius 2 is 1.24 bits per heavy atom. The molecule has 116 heavy (non-hydrogen) atoms. The number of aliphatic carboxylic acids is 2. The first-order valence-electron chi connectivity index (χ1n) is 37.6. The number of unbranched alkanes of at least 4 members (excludes halogenated alkanes) is 2. The lowest BCUT2D eigenvalue weighted by Crippen LogP contribution is -2.58. The second-order valence-electron chi connectivity index (χ2n) is 28.4. The van der Waals surface area contributed by atoms with Crippen LogP contribution in [0.15, 0.2) is 54.7 Å². The predicted octanol–water partition coefficient (Wildman–Crippen LogP) is -2.57. The quantitative estimate of drug-likeness (QED) is 0.0117. The Bertz CT molecular complexity index is 4060. The highest BCUT2D eigenvalue weighted by atomic mass is 16.5. The lowest BCUT2D eigenvalue weighted by Gasteiger charge is -2.30. The van der Waals surface area contributed by atoms with Crippen LogP contribution in [0.2, 0.25) is 0 Å². The standard InChI is InChI=1S/C74H104N14O22.2CO2/c1-7-8-9-15-42-21-23-43(24-22-42)69(104)86-53(29-44-33-78-49-19-13-11-16-45(44)49)72(107)84-51(31-58(77)93)55(90)27-39(4)67(102)87-63-41(6)110-74(109)64(65(100)46-17-10-12-18-48(46)76)88-70(105)47(37(2)28-61(96)97)30-57(92)54(36-89)83-60(95)34-79-68(103)40(5)81-66(101)38(3)26-56(91)52(32-62(98)99)85-71(106)50(20-14-25-75)82-59(94)35-80-73(63)108;2*2-1-3/h10-13,16-19,33,37-43,47,50-54,63-64,78,89H,7-9,14-15,20-32,34-36,75-76H2,1-6H3,(H2,77,93)(H,79,103)(H,80,108)(H,81,101)(H,82,94)(H,83,95)(H,84,107)(H,85,106)(H,86,104)(H,87,102)(H,88,105)(H,96,97)(H,98,99);;/t37-,38+,39-,40+,41-,42?,43?,47+,50+,51-,52+,53+,54-,63+,64+;;/m1../s1. The van der Waals surface area contributed by atoms with Crippen molar-refractivity contribution in [1.82, 2.24) is 58.2 Å². The number of aliphatic hydroxyl groups excluding tert-OH is 1. The Labute approximate surface area is 666 Å². The minimum atomic E-state index is -2.53. The van der Waals surface area contributed by atoms with Crippen LogP contribution in [0.5, 0.6) is 0 Å². The maximum atomic E-state index is 14.8. The van der Waals surface area contributed by atoms with Crippen LogP contribution in [0.3, 0.4) is 0 Å². The number of carbonyl (C=O) groups is 18. The number of aromatic amines is 1. The molecule has 2 heterocycles. The van der Waals surface area contributed by atoms with Crippen molar-refractivity contribution < 1.29 is 126 Å². The molecule has 0 unspecified atom stereocenters. The second-order valence-corrected chi connectivity index (χ2v) is 28.4. The molecule has 40 heteroatoms. The molecule has 3 aromatic rings. The van der Waals surface area contributed by atoms with Gasteiger partial charge in [0.2, 0.25) is 65.0 Å². The molecule has 0 radical (unpaired) electrons. The summed E-state index contributed by atoms with van der Waals surface area (Å²) in [6.07, 6.45) is 1.56. The number of ketones is 4. The number of cyclic esters (lactones) is 1. The van der Waals surface area contributed by atoms with E-state index in [0.717, 1.165) is 62.4 Å². The third-order valence-electron chi connectivity index (χ3n) is 19.4. The minimum absolute atomic E-state index is 0.0119. The number of carbonyl (C=O) groups excluding carboxylic acids is 20. The number of carboxylic acid groups (broad SMARTS) is 2. The van der Waals surface area contributed by atoms with Crippen LogP contribution in [0.1, 0.15) is 160 Å². The predicted molar refractivity (Wildman–Crippen MR) is 403 cm³/mol. The summed E-state index contributed by atoms with van der Waals surface area (Å²) in [4.78, 5) is 285. The second kappa shape index (κ2) is 50.1. The normalized spacial score (nSPS) is 22.9. The fourth-order valence-corrected chi connectivity index (χ4v) is 12.9. The number of ether oxygens (including phenoxy) is 1. The number of para-hydroxylation sites is 2. The van der Waals surface area contributed by atoms with Crippen LogP contribution in [-0.2, 0) is 112 Å². The maximum Gasteiger partial charge on any atom is 0.373 e. The third-order valence-corrected chi connectivity index (χ3v) is 19.4. The zero-order valence-corrected chi connectivity index (χ0v) is 65.2. The number of carboxylic acids is 2. The summed E-state index contributed by atoms with van der Waals surface area (Å²) in [7, 11) is 0. The number of aliphatic hydroxyl groups is 1. The summed E-state index contributed by atoms with van der Waals surface area (Å²) in [6, 6.07) is -2.28. The molecule has 0 bridgehead atoms. The summed E-state index contributed by atoms with van der Waals surface area (Å²) < 4.78 is 5.73. The lowest BCUT2D eigenvalue weighted by molar-refractivity contribution is -0.193. The van der Waals surface area contributed by atoms with Gasteiger partial charge in [-0.3, -0.25) is 81.5 Å². The van der Waals surface area contributed by atoms with E-state index in [1.165, 1.54) is 45.9 Å². The van der Waals surface area contributed by atoms with E-state index in [4.69, 9.17) is 41.1 Å². The summed E-state index contributed by atoms with van der Waals surface area (Å²) in [6.45, 7) is 4.69. The Kier molecular flexibility index (Phi) is 42.3. The molecule has 11 amide bonds. The van der Waals surface area contributed by atoms with Gasteiger partial charge in [-0.25, -0.2) is 4.79 Å². The van der Waals surface area contributed by atoms with E-state index in [-0.39, 0.29) is 43.8 Å². The van der Waals surface area contributed by atoms with Gasteiger partial charge in [0.25, 0.3) is 0 Å². The number of primary amides is 1. The third kappa shape index (κ3) is 32.7. The molecule has 1 saturated heterocycles. The van der Waals surface area contributed by atoms with Gasteiger partial charge in [0.1, 0.15) is 36.3 Å². The Morgan fingerprint density at radius 1 is 0.638 bits per heavy atom. The number of nitrogen functional groups attached to an aromatic ring is 1. The van der Waals surface area contributed by atoms with Crippen molar-refractivity contribution in [2.24, 2.45) is 47.0 Å². The number of amides is 11. The van der Waals surface area contributed by atoms with Gasteiger partial charge in [-0.15, -0.1) is 0 Å². The lowest BCUT2D eigenvalue weighted by atomic mass is 9.79. The first-order chi connectivity index (χ1) is 54.9. The Hall–Kier alpha value is -12.3. The van der Waals surface area contributed by atoms with Gasteiger partial charge >= 0.3 is 30.2 Å². The topological polar surface area (TPSA) is 660 Å². The van der Waals surface area contributed by atoms with Crippen LogP contribution in [0, 0.1) is 35.5 Å². The zero-order chi connectivity index (χ0) is 87.1. The van der Waals surface area contributed by atoms with E-state index in [1.54, 1.807) is 18.3 Å². The number of hydrogen-bond acceptors (Lipinski definition) is 26. The number of benzene rings is 2. The number of H-pyrrole nitrogens is 1. The highest BCUT2D eigenvalue weighted by Gasteiger charge is 2.42. The first kappa shape index (κ1) is 97.9. The van der Waals surface area contributed by atoms with Gasteiger partial charge < -0.3 is 95.4 Å². The fourth-order valence-electron chi connectivity index (χ4n) is 12.9.